The molecule has 0 aliphatic carbocycles. The summed E-state index contributed by atoms with van der Waals surface area (Å²) in [7, 11) is 1.63. The van der Waals surface area contributed by atoms with Crippen LogP contribution in [0.4, 0.5) is 4.39 Å². The molecule has 1 N–H and O–H groups in total. The smallest absolute Gasteiger partial charge is 0.213 e. The number of hydrogen-bond acceptors (Lipinski definition) is 5. The predicted molar refractivity (Wildman–Crippen MR) is 120 cm³/mol. The van der Waals surface area contributed by atoms with Crippen molar-refractivity contribution in [2.24, 2.45) is 0 Å². The molecule has 5 nitrogen and oxygen atoms in total. The van der Waals surface area contributed by atoms with Crippen molar-refractivity contribution in [2.75, 3.05) is 26.7 Å². The number of aromatic nitrogens is 2. The number of nitrogens with one attached hydrogen (secondary N) is 1. The van der Waals surface area contributed by atoms with Crippen LogP contribution < -0.4 is 10.1 Å². The lowest BCUT2D eigenvalue weighted by molar-refractivity contribution is 0.199. The Morgan fingerprint density at radius 3 is 2.80 bits per heavy atom. The molecule has 0 spiro atoms. The van der Waals surface area contributed by atoms with Crippen molar-refractivity contribution < 1.29 is 9.13 Å². The molecule has 158 valence electrons. The number of nitrogens with zero attached hydrogens (tertiary/aromatic N) is 3. The summed E-state index contributed by atoms with van der Waals surface area (Å²) >= 11 is 3.20. The summed E-state index contributed by atoms with van der Waals surface area (Å²) in [5.41, 5.74) is 4.01. The first-order chi connectivity index (χ1) is 14.6. The fraction of sp³-hybridized carbons (Fsp3) is 0.391. The summed E-state index contributed by atoms with van der Waals surface area (Å²) in [4.78, 5) is 11.5. The van der Waals surface area contributed by atoms with E-state index < -0.39 is 0 Å². The first-order valence-corrected chi connectivity index (χ1v) is 11.1. The minimum atomic E-state index is -0.208. The SMILES string of the molecule is COc1ccc2nccc(CCN3CCC(NCc4ccc(Br)c(F)c4)CC3)c2n1. The zero-order valence-electron chi connectivity index (χ0n) is 17.1. The van der Waals surface area contributed by atoms with Gasteiger partial charge in [-0.25, -0.2) is 9.37 Å². The van der Waals surface area contributed by atoms with Crippen LogP contribution in [-0.4, -0.2) is 47.7 Å². The maximum absolute atomic E-state index is 13.7. The third-order valence-corrected chi connectivity index (χ3v) is 6.36. The van der Waals surface area contributed by atoms with E-state index in [1.54, 1.807) is 19.2 Å². The minimum absolute atomic E-state index is 0.208. The normalized spacial score (nSPS) is 15.6. The number of methoxy groups -OCH3 is 1. The fourth-order valence-corrected chi connectivity index (χ4v) is 4.17. The van der Waals surface area contributed by atoms with Crippen LogP contribution in [0.25, 0.3) is 11.0 Å². The predicted octanol–water partition coefficient (Wildman–Crippen LogP) is 4.34. The van der Waals surface area contributed by atoms with E-state index in [9.17, 15) is 4.39 Å². The van der Waals surface area contributed by atoms with E-state index in [2.05, 4.69) is 42.2 Å². The number of rotatable bonds is 7. The Labute approximate surface area is 184 Å². The monoisotopic (exact) mass is 472 g/mol. The van der Waals surface area contributed by atoms with Crippen LogP contribution in [0, 0.1) is 5.82 Å². The van der Waals surface area contributed by atoms with Crippen LogP contribution in [0.2, 0.25) is 0 Å². The van der Waals surface area contributed by atoms with Crippen LogP contribution in [0.5, 0.6) is 5.88 Å². The standard InChI is InChI=1S/C23H26BrFN4O/c1-30-22-5-4-21-23(28-22)17(6-10-26-21)7-11-29-12-8-18(9-13-29)27-15-16-2-3-19(24)20(25)14-16/h2-6,10,14,18,27H,7-9,11-13,15H2,1H3. The quantitative estimate of drug-likeness (QED) is 0.554. The van der Waals surface area contributed by atoms with E-state index in [1.807, 2.05) is 24.4 Å². The highest BCUT2D eigenvalue weighted by atomic mass is 79.9. The van der Waals surface area contributed by atoms with Crippen molar-refractivity contribution in [1.82, 2.24) is 20.2 Å². The van der Waals surface area contributed by atoms with Gasteiger partial charge in [-0.3, -0.25) is 4.98 Å². The number of likely N-dealkylation sites (tertiary alicyclic amines) is 1. The van der Waals surface area contributed by atoms with Crippen molar-refractivity contribution in [3.8, 4) is 5.88 Å². The number of halogens is 2. The molecule has 2 aromatic heterocycles. The molecule has 30 heavy (non-hydrogen) atoms. The Hall–Kier alpha value is -2.09. The number of fused-ring (bicyclic) bond motifs is 1. The molecule has 1 fully saturated rings. The van der Waals surface area contributed by atoms with Gasteiger partial charge < -0.3 is 15.0 Å². The second-order valence-corrected chi connectivity index (χ2v) is 8.54. The molecule has 1 aliphatic rings. The van der Waals surface area contributed by atoms with Crippen LogP contribution in [0.3, 0.4) is 0 Å². The van der Waals surface area contributed by atoms with E-state index in [0.717, 1.165) is 55.5 Å². The van der Waals surface area contributed by atoms with E-state index in [-0.39, 0.29) is 5.82 Å². The highest BCUT2D eigenvalue weighted by Gasteiger charge is 2.19. The molecule has 3 heterocycles. The zero-order chi connectivity index (χ0) is 20.9. The number of pyridine rings is 2. The van der Waals surface area contributed by atoms with Crippen LogP contribution in [0.1, 0.15) is 24.0 Å². The average molecular weight is 473 g/mol. The maximum Gasteiger partial charge on any atom is 0.213 e. The second kappa shape index (κ2) is 9.81. The molecule has 7 heteroatoms. The van der Waals surface area contributed by atoms with Crippen LogP contribution in [0.15, 0.2) is 47.1 Å². The van der Waals surface area contributed by atoms with E-state index in [0.29, 0.717) is 22.9 Å². The summed E-state index contributed by atoms with van der Waals surface area (Å²) in [6.45, 7) is 3.83. The number of ether oxygens (including phenoxy) is 1. The molecule has 0 unspecified atom stereocenters. The van der Waals surface area contributed by atoms with Gasteiger partial charge in [-0.05, 0) is 83.7 Å². The van der Waals surface area contributed by atoms with Gasteiger partial charge in [0, 0.05) is 31.4 Å². The van der Waals surface area contributed by atoms with E-state index in [1.165, 1.54) is 5.56 Å². The molecular formula is C23H26BrFN4O. The third-order valence-electron chi connectivity index (χ3n) is 5.71. The molecule has 1 saturated heterocycles. The summed E-state index contributed by atoms with van der Waals surface area (Å²) in [6.07, 6.45) is 4.99. The molecule has 1 aromatic carbocycles. The van der Waals surface area contributed by atoms with Crippen LogP contribution >= 0.6 is 15.9 Å². The second-order valence-electron chi connectivity index (χ2n) is 7.69. The topological polar surface area (TPSA) is 50.3 Å². The largest absolute Gasteiger partial charge is 0.481 e. The van der Waals surface area contributed by atoms with Gasteiger partial charge >= 0.3 is 0 Å². The highest BCUT2D eigenvalue weighted by Crippen LogP contribution is 2.20. The molecular weight excluding hydrogens is 447 g/mol. The van der Waals surface area contributed by atoms with Gasteiger partial charge in [0.1, 0.15) is 5.82 Å². The lowest BCUT2D eigenvalue weighted by Crippen LogP contribution is -2.42. The van der Waals surface area contributed by atoms with Gasteiger partial charge in [0.25, 0.3) is 0 Å². The number of hydrogen-bond donors (Lipinski definition) is 1. The van der Waals surface area contributed by atoms with E-state index >= 15 is 0 Å². The molecule has 3 aromatic rings. The molecule has 0 radical (unpaired) electrons. The van der Waals surface area contributed by atoms with Gasteiger partial charge in [-0.1, -0.05) is 6.07 Å². The Balaban J connectivity index is 1.27. The lowest BCUT2D eigenvalue weighted by Gasteiger charge is -2.32. The third kappa shape index (κ3) is 5.14. The summed E-state index contributed by atoms with van der Waals surface area (Å²) in [5.74, 6) is 0.411. The number of piperidine rings is 1. The first-order valence-electron chi connectivity index (χ1n) is 10.3. The maximum atomic E-state index is 13.7. The van der Waals surface area contributed by atoms with Gasteiger partial charge in [0.2, 0.25) is 5.88 Å². The lowest BCUT2D eigenvalue weighted by atomic mass is 10.0. The van der Waals surface area contributed by atoms with Gasteiger partial charge in [-0.2, -0.15) is 0 Å². The molecule has 0 atom stereocenters. The molecule has 0 bridgehead atoms. The number of benzene rings is 1. The summed E-state index contributed by atoms with van der Waals surface area (Å²) in [6, 6.07) is 11.6. The Bertz CT molecular complexity index is 1010. The van der Waals surface area contributed by atoms with Gasteiger partial charge in [0.15, 0.2) is 0 Å². The van der Waals surface area contributed by atoms with Crippen LogP contribution in [-0.2, 0) is 13.0 Å². The summed E-state index contributed by atoms with van der Waals surface area (Å²) in [5, 5.41) is 3.57. The Morgan fingerprint density at radius 2 is 2.03 bits per heavy atom. The molecule has 0 saturated carbocycles. The van der Waals surface area contributed by atoms with Crippen molar-refractivity contribution in [3.05, 3.63) is 64.0 Å². The van der Waals surface area contributed by atoms with Crippen molar-refractivity contribution in [3.63, 3.8) is 0 Å². The van der Waals surface area contributed by atoms with Crippen molar-refractivity contribution in [1.29, 1.82) is 0 Å². The molecule has 4 rings (SSSR count). The average Bonchev–Trinajstić information content (AvgIpc) is 2.78. The zero-order valence-corrected chi connectivity index (χ0v) is 18.7. The fourth-order valence-electron chi connectivity index (χ4n) is 3.93. The van der Waals surface area contributed by atoms with Gasteiger partial charge in [-0.15, -0.1) is 0 Å². The van der Waals surface area contributed by atoms with Crippen molar-refractivity contribution >= 4 is 27.0 Å². The first kappa shape index (κ1) is 21.2. The minimum Gasteiger partial charge on any atom is -0.481 e. The van der Waals surface area contributed by atoms with Crippen molar-refractivity contribution in [2.45, 2.75) is 31.8 Å². The van der Waals surface area contributed by atoms with Gasteiger partial charge in [0.05, 0.1) is 22.6 Å². The molecule has 1 aliphatic heterocycles. The highest BCUT2D eigenvalue weighted by molar-refractivity contribution is 9.10. The Morgan fingerprint density at radius 1 is 1.20 bits per heavy atom. The Kier molecular flexibility index (Phi) is 6.92. The van der Waals surface area contributed by atoms with E-state index in [4.69, 9.17) is 4.74 Å². The molecule has 0 amide bonds. The summed E-state index contributed by atoms with van der Waals surface area (Å²) < 4.78 is 19.4.